The molecule has 0 saturated heterocycles. The topological polar surface area (TPSA) is 12.0 Å². The van der Waals surface area contributed by atoms with Gasteiger partial charge in [0.1, 0.15) is 0 Å². The molecule has 0 amide bonds. The summed E-state index contributed by atoms with van der Waals surface area (Å²) in [6, 6.07) is 5.54. The van der Waals surface area contributed by atoms with E-state index in [1.807, 2.05) is 19.1 Å². The van der Waals surface area contributed by atoms with Gasteiger partial charge < -0.3 is 5.32 Å². The summed E-state index contributed by atoms with van der Waals surface area (Å²) >= 11 is 0. The Morgan fingerprint density at radius 1 is 1.38 bits per heavy atom. The number of hydrogen-bond donors (Lipinski definition) is 1. The molecular weight excluding hydrogens is 172 g/mol. The van der Waals surface area contributed by atoms with Crippen molar-refractivity contribution in [1.29, 1.82) is 0 Å². The van der Waals surface area contributed by atoms with Crippen LogP contribution in [0.15, 0.2) is 18.2 Å². The zero-order valence-corrected chi connectivity index (χ0v) is 7.40. The van der Waals surface area contributed by atoms with Gasteiger partial charge in [-0.3, -0.25) is 0 Å². The Morgan fingerprint density at radius 3 is 2.92 bits per heavy atom. The Hall–Kier alpha value is -1.12. The normalized spacial score (nSPS) is 19.0. The van der Waals surface area contributed by atoms with Gasteiger partial charge in [0.15, 0.2) is 0 Å². The molecule has 70 valence electrons. The molecule has 0 unspecified atom stereocenters. The minimum atomic E-state index is -2.59. The van der Waals surface area contributed by atoms with Crippen LogP contribution in [0.4, 0.5) is 14.5 Å². The number of hydrogen-bond acceptors (Lipinski definition) is 1. The molecule has 0 aliphatic carbocycles. The van der Waals surface area contributed by atoms with Crippen LogP contribution >= 0.6 is 0 Å². The number of alkyl halides is 2. The van der Waals surface area contributed by atoms with Gasteiger partial charge in [-0.25, -0.2) is 8.78 Å². The maximum absolute atomic E-state index is 12.9. The molecule has 0 radical (unpaired) electrons. The zero-order chi connectivity index (χ0) is 9.47. The fourth-order valence-corrected chi connectivity index (χ4v) is 1.57. The van der Waals surface area contributed by atoms with Crippen LogP contribution in [0.5, 0.6) is 0 Å². The van der Waals surface area contributed by atoms with Gasteiger partial charge in [-0.05, 0) is 24.1 Å². The quantitative estimate of drug-likeness (QED) is 0.651. The van der Waals surface area contributed by atoms with Gasteiger partial charge in [-0.15, -0.1) is 0 Å². The summed E-state index contributed by atoms with van der Waals surface area (Å²) in [5.41, 5.74) is 2.66. The van der Waals surface area contributed by atoms with Crippen molar-refractivity contribution in [3.05, 3.63) is 29.3 Å². The van der Waals surface area contributed by atoms with E-state index < -0.39 is 5.92 Å². The molecule has 0 spiro atoms. The molecule has 0 saturated carbocycles. The van der Waals surface area contributed by atoms with E-state index in [1.165, 1.54) is 0 Å². The number of nitrogens with one attached hydrogen (secondary N) is 1. The first kappa shape index (κ1) is 8.48. The monoisotopic (exact) mass is 183 g/mol. The molecule has 1 nitrogen and oxygen atoms in total. The number of rotatable bonds is 0. The van der Waals surface area contributed by atoms with E-state index in [-0.39, 0.29) is 13.0 Å². The highest BCUT2D eigenvalue weighted by Gasteiger charge is 2.33. The van der Waals surface area contributed by atoms with Gasteiger partial charge in [0.25, 0.3) is 5.92 Å². The molecule has 0 atom stereocenters. The van der Waals surface area contributed by atoms with Crippen molar-refractivity contribution in [2.75, 3.05) is 11.9 Å². The Labute approximate surface area is 75.8 Å². The van der Waals surface area contributed by atoms with Gasteiger partial charge >= 0.3 is 0 Å². The molecule has 13 heavy (non-hydrogen) atoms. The van der Waals surface area contributed by atoms with Crippen LogP contribution in [0, 0.1) is 6.92 Å². The lowest BCUT2D eigenvalue weighted by molar-refractivity contribution is 0.0129. The lowest BCUT2D eigenvalue weighted by Crippen LogP contribution is -2.34. The summed E-state index contributed by atoms with van der Waals surface area (Å²) in [5, 5.41) is 2.74. The second-order valence-electron chi connectivity index (χ2n) is 3.55. The molecule has 1 aromatic carbocycles. The smallest absolute Gasteiger partial charge is 0.269 e. The number of anilines is 1. The SMILES string of the molecule is Cc1ccc2c(c1)NCC(F)(F)C2. The lowest BCUT2D eigenvalue weighted by Gasteiger charge is -2.25. The van der Waals surface area contributed by atoms with Gasteiger partial charge in [-0.1, -0.05) is 12.1 Å². The van der Waals surface area contributed by atoms with Crippen LogP contribution in [-0.4, -0.2) is 12.5 Å². The predicted octanol–water partition coefficient (Wildman–Crippen LogP) is 2.60. The largest absolute Gasteiger partial charge is 0.379 e. The fourth-order valence-electron chi connectivity index (χ4n) is 1.57. The summed E-state index contributed by atoms with van der Waals surface area (Å²) < 4.78 is 25.8. The van der Waals surface area contributed by atoms with Crippen LogP contribution < -0.4 is 5.32 Å². The summed E-state index contributed by atoms with van der Waals surface area (Å²) in [6.45, 7) is 1.71. The Morgan fingerprint density at radius 2 is 2.15 bits per heavy atom. The Balaban J connectivity index is 2.37. The zero-order valence-electron chi connectivity index (χ0n) is 7.40. The average Bonchev–Trinajstić information content (AvgIpc) is 2.05. The third-order valence-electron chi connectivity index (χ3n) is 2.25. The molecule has 0 bridgehead atoms. The molecular formula is C10H11F2N. The fraction of sp³-hybridized carbons (Fsp3) is 0.400. The van der Waals surface area contributed by atoms with Crippen molar-refractivity contribution in [2.24, 2.45) is 0 Å². The Bertz CT molecular complexity index is 334. The molecule has 1 aliphatic heterocycles. The molecule has 1 heterocycles. The van der Waals surface area contributed by atoms with E-state index in [1.54, 1.807) is 6.07 Å². The first-order chi connectivity index (χ1) is 6.07. The first-order valence-corrected chi connectivity index (χ1v) is 4.28. The van der Waals surface area contributed by atoms with E-state index in [0.717, 1.165) is 11.3 Å². The van der Waals surface area contributed by atoms with Crippen molar-refractivity contribution in [2.45, 2.75) is 19.3 Å². The number of benzene rings is 1. The van der Waals surface area contributed by atoms with E-state index in [9.17, 15) is 8.78 Å². The molecule has 3 heteroatoms. The lowest BCUT2D eigenvalue weighted by atomic mass is 9.99. The maximum atomic E-state index is 12.9. The summed E-state index contributed by atoms with van der Waals surface area (Å²) in [5.74, 6) is -2.59. The average molecular weight is 183 g/mol. The highest BCUT2D eigenvalue weighted by molar-refractivity contribution is 5.55. The van der Waals surface area contributed by atoms with Gasteiger partial charge in [-0.2, -0.15) is 0 Å². The third kappa shape index (κ3) is 1.64. The summed E-state index contributed by atoms with van der Waals surface area (Å²) in [7, 11) is 0. The number of halogens is 2. The maximum Gasteiger partial charge on any atom is 0.269 e. The number of fused-ring (bicyclic) bond motifs is 1. The van der Waals surface area contributed by atoms with Crippen LogP contribution in [0.25, 0.3) is 0 Å². The first-order valence-electron chi connectivity index (χ1n) is 4.28. The van der Waals surface area contributed by atoms with Crippen molar-refractivity contribution < 1.29 is 8.78 Å². The minimum Gasteiger partial charge on any atom is -0.379 e. The van der Waals surface area contributed by atoms with Crippen LogP contribution in [-0.2, 0) is 6.42 Å². The second-order valence-corrected chi connectivity index (χ2v) is 3.55. The van der Waals surface area contributed by atoms with Crippen molar-refractivity contribution in [1.82, 2.24) is 0 Å². The highest BCUT2D eigenvalue weighted by Crippen LogP contribution is 2.30. The van der Waals surface area contributed by atoms with Crippen molar-refractivity contribution in [3.63, 3.8) is 0 Å². The van der Waals surface area contributed by atoms with E-state index >= 15 is 0 Å². The molecule has 2 rings (SSSR count). The van der Waals surface area contributed by atoms with Gasteiger partial charge in [0, 0.05) is 12.1 Å². The molecule has 1 aromatic rings. The van der Waals surface area contributed by atoms with Crippen LogP contribution in [0.1, 0.15) is 11.1 Å². The van der Waals surface area contributed by atoms with Crippen LogP contribution in [0.2, 0.25) is 0 Å². The van der Waals surface area contributed by atoms with Crippen molar-refractivity contribution in [3.8, 4) is 0 Å². The molecule has 1 aliphatic rings. The van der Waals surface area contributed by atoms with Gasteiger partial charge in [0.05, 0.1) is 6.54 Å². The van der Waals surface area contributed by atoms with Gasteiger partial charge in [0.2, 0.25) is 0 Å². The molecule has 0 fully saturated rings. The Kier molecular flexibility index (Phi) is 1.75. The standard InChI is InChI=1S/C10H11F2N/c1-7-2-3-8-5-10(11,12)6-13-9(8)4-7/h2-4,13H,5-6H2,1H3. The number of aryl methyl sites for hydroxylation is 1. The summed E-state index contributed by atoms with van der Waals surface area (Å²) in [6.07, 6.45) is -0.143. The molecule has 0 aromatic heterocycles. The summed E-state index contributed by atoms with van der Waals surface area (Å²) in [4.78, 5) is 0. The molecule has 1 N–H and O–H groups in total. The van der Waals surface area contributed by atoms with E-state index in [0.29, 0.717) is 5.56 Å². The minimum absolute atomic E-state index is 0.143. The van der Waals surface area contributed by atoms with Crippen LogP contribution in [0.3, 0.4) is 0 Å². The predicted molar refractivity (Wildman–Crippen MR) is 48.3 cm³/mol. The van der Waals surface area contributed by atoms with Crippen molar-refractivity contribution >= 4 is 5.69 Å². The second kappa shape index (κ2) is 2.69. The van der Waals surface area contributed by atoms with E-state index in [2.05, 4.69) is 5.32 Å². The van der Waals surface area contributed by atoms with E-state index in [4.69, 9.17) is 0 Å². The third-order valence-corrected chi connectivity index (χ3v) is 2.25. The highest BCUT2D eigenvalue weighted by atomic mass is 19.3.